The predicted octanol–water partition coefficient (Wildman–Crippen LogP) is 3.94. The van der Waals surface area contributed by atoms with E-state index in [9.17, 15) is 8.42 Å². The van der Waals surface area contributed by atoms with Gasteiger partial charge >= 0.3 is 10.0 Å². The number of ether oxygens (including phenoxy) is 1. The molecule has 1 atom stereocenters. The lowest BCUT2D eigenvalue weighted by Gasteiger charge is -2.34. The fourth-order valence-corrected chi connectivity index (χ4v) is 4.95. The third-order valence-corrected chi connectivity index (χ3v) is 7.00. The van der Waals surface area contributed by atoms with Crippen LogP contribution in [0, 0.1) is 0 Å². The number of nitrogens with two attached hydrogens (primary N) is 1. The minimum absolute atomic E-state index is 0.116. The van der Waals surface area contributed by atoms with Gasteiger partial charge in [0.15, 0.2) is 5.69 Å². The summed E-state index contributed by atoms with van der Waals surface area (Å²) in [5.41, 5.74) is 7.33. The lowest BCUT2D eigenvalue weighted by atomic mass is 10.1. The summed E-state index contributed by atoms with van der Waals surface area (Å²) in [5.74, 6) is 1.52. The summed E-state index contributed by atoms with van der Waals surface area (Å²) >= 11 is 0. The lowest BCUT2D eigenvalue weighted by molar-refractivity contribution is 0.480. The number of hydrogen-bond donors (Lipinski definition) is 1. The van der Waals surface area contributed by atoms with E-state index < -0.39 is 10.0 Å². The first-order chi connectivity index (χ1) is 13.0. The molecule has 142 valence electrons. The summed E-state index contributed by atoms with van der Waals surface area (Å²) in [5, 5.41) is 0. The maximum Gasteiger partial charge on any atom is 0.306 e. The number of hydrogen-bond acceptors (Lipinski definition) is 4. The first kappa shape index (κ1) is 19.4. The Balaban J connectivity index is 1.94. The molecule has 0 aromatic heterocycles. The van der Waals surface area contributed by atoms with Gasteiger partial charge in [0.2, 0.25) is 0 Å². The van der Waals surface area contributed by atoms with E-state index in [1.54, 1.807) is 18.3 Å². The van der Waals surface area contributed by atoms with Gasteiger partial charge in [-0.3, -0.25) is 0 Å². The van der Waals surface area contributed by atoms with E-state index in [1.807, 2.05) is 61.5 Å². The predicted molar refractivity (Wildman–Crippen MR) is 110 cm³/mol. The molecular weight excluding hydrogens is 360 g/mol. The Morgan fingerprint density at radius 2 is 1.70 bits per heavy atom. The van der Waals surface area contributed by atoms with Gasteiger partial charge in [-0.25, -0.2) is 0 Å². The van der Waals surface area contributed by atoms with Crippen LogP contribution in [0.15, 0.2) is 78.5 Å². The molecule has 0 aliphatic carbocycles. The van der Waals surface area contributed by atoms with E-state index in [-0.39, 0.29) is 9.64 Å². The van der Waals surface area contributed by atoms with Crippen LogP contribution in [-0.2, 0) is 10.0 Å². The minimum atomic E-state index is -3.43. The van der Waals surface area contributed by atoms with E-state index in [0.29, 0.717) is 30.9 Å². The van der Waals surface area contributed by atoms with Crippen molar-refractivity contribution < 1.29 is 13.2 Å². The molecule has 0 amide bonds. The second-order valence-electron chi connectivity index (χ2n) is 6.47. The van der Waals surface area contributed by atoms with Crippen LogP contribution >= 0.6 is 0 Å². The molecule has 2 aromatic rings. The summed E-state index contributed by atoms with van der Waals surface area (Å²) < 4.78 is 31.8. The Labute approximate surface area is 161 Å². The zero-order valence-electron chi connectivity index (χ0n) is 15.4. The maximum atomic E-state index is 13.1. The van der Waals surface area contributed by atoms with Crippen molar-refractivity contribution in [2.24, 2.45) is 5.73 Å². The summed E-state index contributed by atoms with van der Waals surface area (Å²) in [6, 6.07) is 16.7. The zero-order chi connectivity index (χ0) is 19.3. The van der Waals surface area contributed by atoms with E-state index >= 15 is 0 Å². The van der Waals surface area contributed by atoms with Gasteiger partial charge in [-0.1, -0.05) is 25.1 Å². The highest BCUT2D eigenvalue weighted by molar-refractivity contribution is 7.91. The fourth-order valence-electron chi connectivity index (χ4n) is 3.12. The third-order valence-electron chi connectivity index (χ3n) is 4.60. The molecule has 0 saturated carbocycles. The first-order valence-electron chi connectivity index (χ1n) is 9.03. The number of quaternary nitrogens is 1. The quantitative estimate of drug-likeness (QED) is 0.733. The highest BCUT2D eigenvalue weighted by atomic mass is 32.2. The van der Waals surface area contributed by atoms with Crippen LogP contribution in [0.3, 0.4) is 0 Å². The second-order valence-corrected chi connectivity index (χ2v) is 8.70. The molecular formula is C21H25N2O3S+. The van der Waals surface area contributed by atoms with Gasteiger partial charge < -0.3 is 10.5 Å². The fraction of sp³-hybridized carbons (Fsp3) is 0.238. The number of sulfonamides is 1. The second kappa shape index (κ2) is 8.08. The van der Waals surface area contributed by atoms with Crippen LogP contribution in [-0.4, -0.2) is 27.3 Å². The number of nitrogens with zero attached hydrogens (tertiary/aromatic N) is 1. The van der Waals surface area contributed by atoms with Crippen molar-refractivity contribution in [2.45, 2.75) is 13.3 Å². The van der Waals surface area contributed by atoms with E-state index in [4.69, 9.17) is 10.5 Å². The van der Waals surface area contributed by atoms with Gasteiger partial charge in [-0.15, -0.1) is 0 Å². The largest absolute Gasteiger partial charge is 0.457 e. The Hall–Kier alpha value is -2.41. The van der Waals surface area contributed by atoms with Crippen molar-refractivity contribution in [3.05, 3.63) is 78.5 Å². The standard InChI is InChI=1S/C21H25N2O3S/c1-2-16-27(24,25)23(14-12-18(17-22)13-15-23)19-8-10-21(11-9-19)26-20-6-4-3-5-7-20/h3-14H,2,15-17,22H2,1H3/q+1. The molecule has 27 heavy (non-hydrogen) atoms. The summed E-state index contributed by atoms with van der Waals surface area (Å²) in [7, 11) is -3.43. The lowest BCUT2D eigenvalue weighted by Crippen LogP contribution is -2.51. The van der Waals surface area contributed by atoms with Crippen LogP contribution in [0.4, 0.5) is 5.69 Å². The average Bonchev–Trinajstić information content (AvgIpc) is 2.69. The molecule has 5 nitrogen and oxygen atoms in total. The molecule has 3 rings (SSSR count). The molecule has 6 heteroatoms. The molecule has 0 saturated heterocycles. The monoisotopic (exact) mass is 385 g/mol. The first-order valence-corrected chi connectivity index (χ1v) is 10.6. The van der Waals surface area contributed by atoms with Gasteiger partial charge in [0.1, 0.15) is 30.0 Å². The number of benzene rings is 2. The molecule has 1 unspecified atom stereocenters. The Morgan fingerprint density at radius 3 is 2.26 bits per heavy atom. The summed E-state index contributed by atoms with van der Waals surface area (Å²) in [6.07, 6.45) is 6.02. The van der Waals surface area contributed by atoms with Crippen LogP contribution < -0.4 is 14.4 Å². The van der Waals surface area contributed by atoms with Gasteiger partial charge in [0.25, 0.3) is 0 Å². The molecule has 2 aromatic carbocycles. The molecule has 2 N–H and O–H groups in total. The van der Waals surface area contributed by atoms with E-state index in [2.05, 4.69) is 0 Å². The third kappa shape index (κ3) is 3.98. The Morgan fingerprint density at radius 1 is 1.04 bits per heavy atom. The van der Waals surface area contributed by atoms with Crippen LogP contribution in [0.1, 0.15) is 13.3 Å². The van der Waals surface area contributed by atoms with E-state index in [0.717, 1.165) is 11.3 Å². The smallest absolute Gasteiger partial charge is 0.306 e. The highest BCUT2D eigenvalue weighted by Gasteiger charge is 2.42. The number of rotatable bonds is 7. The molecule has 1 aliphatic rings. The zero-order valence-corrected chi connectivity index (χ0v) is 16.2. The van der Waals surface area contributed by atoms with Crippen molar-refractivity contribution in [3.63, 3.8) is 0 Å². The molecule has 1 aliphatic heterocycles. The van der Waals surface area contributed by atoms with Crippen molar-refractivity contribution in [1.82, 2.24) is 3.89 Å². The van der Waals surface area contributed by atoms with Crippen molar-refractivity contribution in [2.75, 3.05) is 18.8 Å². The van der Waals surface area contributed by atoms with Crippen molar-refractivity contribution in [1.29, 1.82) is 0 Å². The Bertz CT molecular complexity index is 935. The molecule has 0 bridgehead atoms. The molecule has 0 radical (unpaired) electrons. The van der Waals surface area contributed by atoms with E-state index in [1.165, 1.54) is 0 Å². The van der Waals surface area contributed by atoms with Crippen LogP contribution in [0.25, 0.3) is 0 Å². The maximum absolute atomic E-state index is 13.1. The van der Waals surface area contributed by atoms with Gasteiger partial charge in [0.05, 0.1) is 0 Å². The van der Waals surface area contributed by atoms with Crippen LogP contribution in [0.5, 0.6) is 11.5 Å². The highest BCUT2D eigenvalue weighted by Crippen LogP contribution is 2.34. The number of para-hydroxylation sites is 1. The normalized spacial score (nSPS) is 19.6. The average molecular weight is 386 g/mol. The van der Waals surface area contributed by atoms with Gasteiger partial charge in [0, 0.05) is 18.7 Å². The summed E-state index contributed by atoms with van der Waals surface area (Å²) in [6.45, 7) is 2.61. The van der Waals surface area contributed by atoms with Crippen LogP contribution in [0.2, 0.25) is 0 Å². The van der Waals surface area contributed by atoms with Gasteiger partial charge in [-0.2, -0.15) is 12.3 Å². The van der Waals surface area contributed by atoms with Crippen molar-refractivity contribution in [3.8, 4) is 11.5 Å². The molecule has 1 heterocycles. The molecule has 0 spiro atoms. The summed E-state index contributed by atoms with van der Waals surface area (Å²) in [4.78, 5) is 0. The SMILES string of the molecule is CCCS(=O)(=O)[N+]1(c2ccc(Oc3ccccc3)cc2)C=CC(CN)=CC1. The molecule has 0 fully saturated rings. The van der Waals surface area contributed by atoms with Gasteiger partial charge in [-0.05, 0) is 48.4 Å². The minimum Gasteiger partial charge on any atom is -0.457 e. The van der Waals surface area contributed by atoms with Crippen molar-refractivity contribution >= 4 is 15.7 Å². The Kier molecular flexibility index (Phi) is 5.79. The topological polar surface area (TPSA) is 69.4 Å².